The quantitative estimate of drug-likeness (QED) is 0.886. The Morgan fingerprint density at radius 3 is 2.78 bits per heavy atom. The lowest BCUT2D eigenvalue weighted by atomic mass is 10.1. The number of aryl methyl sites for hydroxylation is 1. The summed E-state index contributed by atoms with van der Waals surface area (Å²) >= 11 is 0. The zero-order chi connectivity index (χ0) is 12.4. The van der Waals surface area contributed by atoms with Crippen molar-refractivity contribution in [2.45, 2.75) is 32.9 Å². The van der Waals surface area contributed by atoms with Crippen molar-refractivity contribution >= 4 is 0 Å². The molecule has 3 heterocycles. The third-order valence-electron chi connectivity index (χ3n) is 3.27. The van der Waals surface area contributed by atoms with Crippen molar-refractivity contribution in [1.82, 2.24) is 20.3 Å². The fraction of sp³-hybridized carbons (Fsp3) is 0.357. The Kier molecular flexibility index (Phi) is 3.02. The summed E-state index contributed by atoms with van der Waals surface area (Å²) in [5.41, 5.74) is 4.87. The van der Waals surface area contributed by atoms with Crippen LogP contribution in [-0.2, 0) is 25.9 Å². The first kappa shape index (κ1) is 11.3. The molecule has 92 valence electrons. The van der Waals surface area contributed by atoms with E-state index in [1.165, 1.54) is 22.5 Å². The van der Waals surface area contributed by atoms with Crippen molar-refractivity contribution < 1.29 is 0 Å². The number of hydrogen-bond acceptors (Lipinski definition) is 4. The Balaban J connectivity index is 1.94. The molecule has 0 radical (unpaired) electrons. The maximum Gasteiger partial charge on any atom is 0.133 e. The van der Waals surface area contributed by atoms with Gasteiger partial charge in [0.05, 0.1) is 5.69 Å². The van der Waals surface area contributed by atoms with Gasteiger partial charge in [-0.15, -0.1) is 0 Å². The van der Waals surface area contributed by atoms with Crippen molar-refractivity contribution in [2.24, 2.45) is 0 Å². The van der Waals surface area contributed by atoms with Gasteiger partial charge < -0.3 is 5.32 Å². The SMILES string of the molecule is CCc1nc(Cc2ccncc2)nc2c1CNC2. The second-order valence-electron chi connectivity index (χ2n) is 4.50. The summed E-state index contributed by atoms with van der Waals surface area (Å²) in [7, 11) is 0. The molecular weight excluding hydrogens is 224 g/mol. The average molecular weight is 240 g/mol. The molecular formula is C14H16N4. The second-order valence-corrected chi connectivity index (χ2v) is 4.50. The van der Waals surface area contributed by atoms with Gasteiger partial charge in [0.1, 0.15) is 5.82 Å². The second kappa shape index (κ2) is 4.82. The van der Waals surface area contributed by atoms with E-state index in [9.17, 15) is 0 Å². The van der Waals surface area contributed by atoms with E-state index in [4.69, 9.17) is 0 Å². The molecule has 1 aliphatic heterocycles. The summed E-state index contributed by atoms with van der Waals surface area (Å²) in [6.45, 7) is 3.93. The maximum atomic E-state index is 4.69. The number of rotatable bonds is 3. The zero-order valence-corrected chi connectivity index (χ0v) is 10.5. The molecule has 1 aliphatic rings. The van der Waals surface area contributed by atoms with Crippen LogP contribution in [0.25, 0.3) is 0 Å². The van der Waals surface area contributed by atoms with Crippen LogP contribution in [0.2, 0.25) is 0 Å². The monoisotopic (exact) mass is 240 g/mol. The Bertz CT molecular complexity index is 551. The topological polar surface area (TPSA) is 50.7 Å². The molecule has 0 saturated heterocycles. The van der Waals surface area contributed by atoms with Crippen molar-refractivity contribution in [1.29, 1.82) is 0 Å². The average Bonchev–Trinajstić information content (AvgIpc) is 2.87. The molecule has 0 amide bonds. The molecule has 0 fully saturated rings. The van der Waals surface area contributed by atoms with E-state index in [2.05, 4.69) is 27.2 Å². The van der Waals surface area contributed by atoms with Gasteiger partial charge in [-0.25, -0.2) is 9.97 Å². The van der Waals surface area contributed by atoms with Gasteiger partial charge in [-0.05, 0) is 24.1 Å². The van der Waals surface area contributed by atoms with Gasteiger partial charge in [-0.2, -0.15) is 0 Å². The largest absolute Gasteiger partial charge is 0.307 e. The minimum atomic E-state index is 0.781. The highest BCUT2D eigenvalue weighted by atomic mass is 15.0. The van der Waals surface area contributed by atoms with Crippen LogP contribution < -0.4 is 5.32 Å². The van der Waals surface area contributed by atoms with Gasteiger partial charge >= 0.3 is 0 Å². The highest BCUT2D eigenvalue weighted by molar-refractivity contribution is 5.30. The van der Waals surface area contributed by atoms with Gasteiger partial charge in [0.2, 0.25) is 0 Å². The first-order chi connectivity index (χ1) is 8.86. The fourth-order valence-electron chi connectivity index (χ4n) is 2.35. The van der Waals surface area contributed by atoms with Gasteiger partial charge in [0.15, 0.2) is 0 Å². The lowest BCUT2D eigenvalue weighted by molar-refractivity contribution is 0.754. The Hall–Kier alpha value is -1.81. The molecule has 0 aromatic carbocycles. The van der Waals surface area contributed by atoms with Gasteiger partial charge in [0, 0.05) is 43.2 Å². The van der Waals surface area contributed by atoms with Crippen molar-refractivity contribution in [3.05, 3.63) is 52.9 Å². The molecule has 0 bridgehead atoms. The van der Waals surface area contributed by atoms with Crippen LogP contribution >= 0.6 is 0 Å². The molecule has 2 aromatic heterocycles. The number of aromatic nitrogens is 3. The number of fused-ring (bicyclic) bond motifs is 1. The van der Waals surface area contributed by atoms with Crippen LogP contribution in [0, 0.1) is 0 Å². The Labute approximate surface area is 107 Å². The summed E-state index contributed by atoms with van der Waals surface area (Å²) in [6.07, 6.45) is 5.37. The van der Waals surface area contributed by atoms with Crippen LogP contribution in [0.1, 0.15) is 35.3 Å². The first-order valence-electron chi connectivity index (χ1n) is 6.34. The van der Waals surface area contributed by atoms with Crippen LogP contribution in [-0.4, -0.2) is 15.0 Å². The standard InChI is InChI=1S/C14H16N4/c1-2-12-11-8-16-9-13(11)18-14(17-12)7-10-3-5-15-6-4-10/h3-6,16H,2,7-9H2,1H3. The van der Waals surface area contributed by atoms with Crippen LogP contribution in [0.4, 0.5) is 0 Å². The van der Waals surface area contributed by atoms with E-state index in [0.717, 1.165) is 31.8 Å². The van der Waals surface area contributed by atoms with Gasteiger partial charge in [-0.3, -0.25) is 4.98 Å². The molecule has 0 unspecified atom stereocenters. The number of nitrogens with one attached hydrogen (secondary N) is 1. The molecule has 4 nitrogen and oxygen atoms in total. The summed E-state index contributed by atoms with van der Waals surface area (Å²) in [5.74, 6) is 0.917. The summed E-state index contributed by atoms with van der Waals surface area (Å²) in [6, 6.07) is 4.03. The summed E-state index contributed by atoms with van der Waals surface area (Å²) in [4.78, 5) is 13.4. The van der Waals surface area contributed by atoms with Crippen molar-refractivity contribution in [3.8, 4) is 0 Å². The Morgan fingerprint density at radius 1 is 1.17 bits per heavy atom. The number of hydrogen-bond donors (Lipinski definition) is 1. The van der Waals surface area contributed by atoms with Crippen LogP contribution in [0.5, 0.6) is 0 Å². The molecule has 0 saturated carbocycles. The predicted octanol–water partition coefficient (Wildman–Crippen LogP) is 1.63. The number of pyridine rings is 1. The minimum Gasteiger partial charge on any atom is -0.307 e. The van der Waals surface area contributed by atoms with Gasteiger partial charge in [-0.1, -0.05) is 6.92 Å². The molecule has 3 rings (SSSR count). The van der Waals surface area contributed by atoms with Crippen molar-refractivity contribution in [2.75, 3.05) is 0 Å². The summed E-state index contributed by atoms with van der Waals surface area (Å²) in [5, 5.41) is 3.34. The van der Waals surface area contributed by atoms with Crippen LogP contribution in [0.3, 0.4) is 0 Å². The fourth-order valence-corrected chi connectivity index (χ4v) is 2.35. The maximum absolute atomic E-state index is 4.69. The third-order valence-corrected chi connectivity index (χ3v) is 3.27. The first-order valence-corrected chi connectivity index (χ1v) is 6.34. The lowest BCUT2D eigenvalue weighted by Crippen LogP contribution is -2.06. The minimum absolute atomic E-state index is 0.781. The molecule has 4 heteroatoms. The van der Waals surface area contributed by atoms with E-state index < -0.39 is 0 Å². The van der Waals surface area contributed by atoms with Crippen LogP contribution in [0.15, 0.2) is 24.5 Å². The van der Waals surface area contributed by atoms with E-state index in [1.54, 1.807) is 0 Å². The lowest BCUT2D eigenvalue weighted by Gasteiger charge is -2.08. The predicted molar refractivity (Wildman–Crippen MR) is 69.0 cm³/mol. The van der Waals surface area contributed by atoms with E-state index in [0.29, 0.717) is 0 Å². The summed E-state index contributed by atoms with van der Waals surface area (Å²) < 4.78 is 0. The normalized spacial score (nSPS) is 13.6. The molecule has 0 spiro atoms. The highest BCUT2D eigenvalue weighted by Crippen LogP contribution is 2.18. The molecule has 1 N–H and O–H groups in total. The zero-order valence-electron chi connectivity index (χ0n) is 10.5. The number of nitrogens with zero attached hydrogens (tertiary/aromatic N) is 3. The van der Waals surface area contributed by atoms with E-state index >= 15 is 0 Å². The molecule has 0 atom stereocenters. The van der Waals surface area contributed by atoms with E-state index in [-0.39, 0.29) is 0 Å². The smallest absolute Gasteiger partial charge is 0.133 e. The highest BCUT2D eigenvalue weighted by Gasteiger charge is 2.17. The van der Waals surface area contributed by atoms with Gasteiger partial charge in [0.25, 0.3) is 0 Å². The van der Waals surface area contributed by atoms with Crippen molar-refractivity contribution in [3.63, 3.8) is 0 Å². The third kappa shape index (κ3) is 2.11. The Morgan fingerprint density at radius 2 is 2.00 bits per heavy atom. The van der Waals surface area contributed by atoms with E-state index in [1.807, 2.05) is 24.5 Å². The molecule has 2 aromatic rings. The molecule has 0 aliphatic carbocycles. The molecule has 18 heavy (non-hydrogen) atoms.